The molecule has 0 atom stereocenters. The molecular weight excluding hydrogens is 835 g/mol. The van der Waals surface area contributed by atoms with Gasteiger partial charge in [-0.25, -0.2) is 15.0 Å². The lowest BCUT2D eigenvalue weighted by atomic mass is 9.67. The van der Waals surface area contributed by atoms with Gasteiger partial charge in [0.2, 0.25) is 0 Å². The molecule has 3 nitrogen and oxygen atoms in total. The van der Waals surface area contributed by atoms with E-state index in [-0.39, 0.29) is 0 Å². The molecule has 0 spiro atoms. The topological polar surface area (TPSA) is 38.7 Å². The van der Waals surface area contributed by atoms with E-state index in [2.05, 4.69) is 237 Å². The summed E-state index contributed by atoms with van der Waals surface area (Å²) in [4.78, 5) is 16.2. The normalized spacial score (nSPS) is 13.2. The third kappa shape index (κ3) is 6.17. The van der Waals surface area contributed by atoms with Gasteiger partial charge in [-0.3, -0.25) is 0 Å². The third-order valence-electron chi connectivity index (χ3n) is 14.9. The molecule has 322 valence electrons. The molecule has 14 rings (SSSR count). The van der Waals surface area contributed by atoms with E-state index in [1.54, 1.807) is 0 Å². The van der Waals surface area contributed by atoms with Crippen LogP contribution in [0, 0.1) is 0 Å². The van der Waals surface area contributed by atoms with Crippen molar-refractivity contribution >= 4 is 0 Å². The highest BCUT2D eigenvalue weighted by Gasteiger charge is 2.46. The molecule has 0 saturated carbocycles. The van der Waals surface area contributed by atoms with Crippen LogP contribution in [-0.4, -0.2) is 15.0 Å². The van der Waals surface area contributed by atoms with E-state index in [1.807, 2.05) is 0 Å². The van der Waals surface area contributed by atoms with Crippen LogP contribution in [0.5, 0.6) is 0 Å². The maximum atomic E-state index is 5.40. The van der Waals surface area contributed by atoms with Crippen molar-refractivity contribution in [3.05, 3.63) is 281 Å². The number of hydrogen-bond acceptors (Lipinski definition) is 3. The van der Waals surface area contributed by atoms with Crippen molar-refractivity contribution in [2.24, 2.45) is 0 Å². The zero-order valence-corrected chi connectivity index (χ0v) is 37.8. The molecule has 0 bridgehead atoms. The Morgan fingerprint density at radius 2 is 0.652 bits per heavy atom. The number of nitrogens with zero attached hydrogens (tertiary/aromatic N) is 3. The summed E-state index contributed by atoms with van der Waals surface area (Å²) in [5, 5.41) is 0. The van der Waals surface area contributed by atoms with Crippen molar-refractivity contribution in [1.29, 1.82) is 0 Å². The summed E-state index contributed by atoms with van der Waals surface area (Å²) in [7, 11) is 0. The first-order valence-corrected chi connectivity index (χ1v) is 23.9. The molecule has 10 aromatic carbocycles. The molecule has 11 aromatic rings. The van der Waals surface area contributed by atoms with Crippen LogP contribution in [0.25, 0.3) is 89.8 Å². The minimum Gasteiger partial charge on any atom is -0.208 e. The first-order valence-electron chi connectivity index (χ1n) is 23.9. The van der Waals surface area contributed by atoms with Crippen molar-refractivity contribution in [3.63, 3.8) is 0 Å². The highest BCUT2D eigenvalue weighted by atomic mass is 15.0. The summed E-state index contributed by atoms with van der Waals surface area (Å²) >= 11 is 0. The van der Waals surface area contributed by atoms with Crippen molar-refractivity contribution in [3.8, 4) is 89.8 Å². The van der Waals surface area contributed by atoms with Crippen LogP contribution >= 0.6 is 0 Å². The number of aromatic nitrogens is 3. The molecule has 0 amide bonds. The van der Waals surface area contributed by atoms with Gasteiger partial charge in [-0.15, -0.1) is 0 Å². The van der Waals surface area contributed by atoms with Crippen LogP contribution in [-0.2, 0) is 18.3 Å². The van der Waals surface area contributed by atoms with Gasteiger partial charge in [-0.05, 0) is 131 Å². The first-order chi connectivity index (χ1) is 34.2. The second-order valence-electron chi connectivity index (χ2n) is 18.6. The van der Waals surface area contributed by atoms with Gasteiger partial charge in [0, 0.05) is 16.7 Å². The Kier molecular flexibility index (Phi) is 8.93. The number of rotatable bonds is 7. The molecule has 3 aliphatic rings. The third-order valence-corrected chi connectivity index (χ3v) is 14.9. The zero-order chi connectivity index (χ0) is 45.5. The van der Waals surface area contributed by atoms with Crippen LogP contribution in [0.15, 0.2) is 237 Å². The lowest BCUT2D eigenvalue weighted by molar-refractivity contribution is 0.768. The molecule has 3 aliphatic carbocycles. The fourth-order valence-electron chi connectivity index (χ4n) is 11.9. The second kappa shape index (κ2) is 15.7. The highest BCUT2D eigenvalue weighted by Crippen LogP contribution is 2.56. The summed E-state index contributed by atoms with van der Waals surface area (Å²) in [5.41, 5.74) is 25.2. The zero-order valence-electron chi connectivity index (χ0n) is 37.8. The fraction of sp³-hybridized carbons (Fsp3) is 0.0455. The molecule has 0 N–H and O–H groups in total. The number of fused-ring (bicyclic) bond motifs is 9. The summed E-state index contributed by atoms with van der Waals surface area (Å²) in [6.07, 6.45) is 1.83. The molecule has 3 heteroatoms. The molecule has 1 aromatic heterocycles. The van der Waals surface area contributed by atoms with Crippen LogP contribution in [0.2, 0.25) is 0 Å². The minimum atomic E-state index is -0.499. The van der Waals surface area contributed by atoms with E-state index in [4.69, 9.17) is 15.0 Å². The van der Waals surface area contributed by atoms with Gasteiger partial charge >= 0.3 is 0 Å². The summed E-state index contributed by atoms with van der Waals surface area (Å²) in [6, 6.07) is 86.1. The number of benzene rings is 10. The van der Waals surface area contributed by atoms with Gasteiger partial charge in [-0.1, -0.05) is 218 Å². The molecular formula is C66H43N3. The Morgan fingerprint density at radius 1 is 0.261 bits per heavy atom. The summed E-state index contributed by atoms with van der Waals surface area (Å²) in [6.45, 7) is 0. The molecule has 1 heterocycles. The Hall–Kier alpha value is -8.79. The smallest absolute Gasteiger partial charge is 0.164 e. The highest BCUT2D eigenvalue weighted by molar-refractivity contribution is 5.90. The minimum absolute atomic E-state index is 0.499. The van der Waals surface area contributed by atoms with E-state index in [9.17, 15) is 0 Å². The average molecular weight is 878 g/mol. The van der Waals surface area contributed by atoms with Crippen LogP contribution in [0.4, 0.5) is 0 Å². The van der Waals surface area contributed by atoms with Crippen LogP contribution in [0.1, 0.15) is 44.5 Å². The predicted octanol–water partition coefficient (Wildman–Crippen LogP) is 15.7. The van der Waals surface area contributed by atoms with E-state index in [1.165, 1.54) is 89.0 Å². The average Bonchev–Trinajstić information content (AvgIpc) is 4.10. The Balaban J connectivity index is 0.943. The van der Waals surface area contributed by atoms with E-state index >= 15 is 0 Å². The maximum Gasteiger partial charge on any atom is 0.164 e. The van der Waals surface area contributed by atoms with E-state index in [0.29, 0.717) is 17.5 Å². The Labute approximate surface area is 402 Å². The van der Waals surface area contributed by atoms with E-state index < -0.39 is 5.41 Å². The largest absolute Gasteiger partial charge is 0.208 e. The number of hydrogen-bond donors (Lipinski definition) is 0. The van der Waals surface area contributed by atoms with Gasteiger partial charge in [-0.2, -0.15) is 0 Å². The first kappa shape index (κ1) is 39.4. The van der Waals surface area contributed by atoms with Crippen molar-refractivity contribution in [2.45, 2.75) is 18.3 Å². The van der Waals surface area contributed by atoms with Gasteiger partial charge < -0.3 is 0 Å². The quantitative estimate of drug-likeness (QED) is 0.160. The molecule has 0 saturated heterocycles. The lowest BCUT2D eigenvalue weighted by Gasteiger charge is -2.33. The summed E-state index contributed by atoms with van der Waals surface area (Å²) < 4.78 is 0. The molecule has 0 fully saturated rings. The Morgan fingerprint density at radius 3 is 1.19 bits per heavy atom. The van der Waals surface area contributed by atoms with Crippen molar-refractivity contribution < 1.29 is 0 Å². The van der Waals surface area contributed by atoms with Crippen LogP contribution < -0.4 is 0 Å². The fourth-order valence-corrected chi connectivity index (χ4v) is 11.9. The van der Waals surface area contributed by atoms with Crippen LogP contribution in [0.3, 0.4) is 0 Å². The lowest BCUT2D eigenvalue weighted by Crippen LogP contribution is -2.28. The summed E-state index contributed by atoms with van der Waals surface area (Å²) in [5.74, 6) is 1.91. The van der Waals surface area contributed by atoms with Gasteiger partial charge in [0.15, 0.2) is 17.5 Å². The van der Waals surface area contributed by atoms with E-state index in [0.717, 1.165) is 40.7 Å². The Bertz CT molecular complexity index is 3650. The molecule has 0 aliphatic heterocycles. The van der Waals surface area contributed by atoms with Crippen molar-refractivity contribution in [2.75, 3.05) is 0 Å². The van der Waals surface area contributed by atoms with Gasteiger partial charge in [0.05, 0.1) is 5.41 Å². The molecule has 0 unspecified atom stereocenters. The SMILES string of the molecule is c1ccc(C2(c3ccccc3)c3ccccc3-c3cc(-c4nc(-c5cccc(-c6cccc7c6Cc6ccccc6-7)c5)nc(-c5cccc(-c6cccc7c6Cc6ccccc6-7)c5)n4)ccc32)cc1. The van der Waals surface area contributed by atoms with Gasteiger partial charge in [0.1, 0.15) is 0 Å². The van der Waals surface area contributed by atoms with Gasteiger partial charge in [0.25, 0.3) is 0 Å². The van der Waals surface area contributed by atoms with Crippen molar-refractivity contribution in [1.82, 2.24) is 15.0 Å². The molecule has 69 heavy (non-hydrogen) atoms. The standard InChI is InChI=1S/C66H43N3/c1-3-23-49(24-4-1)66(50-25-5-2-6-26-50)61-34-12-11-29-57(61)60-41-48(35-36-62(60)66)65-68-63(46-21-13-19-42(37-46)53-30-15-32-55-51-27-9-7-17-44(51)39-58(53)55)67-64(69-65)47-22-14-20-43(38-47)54-31-16-33-56-52-28-10-8-18-45(52)40-59(54)56/h1-38,41H,39-40H2. The second-order valence-corrected chi connectivity index (χ2v) is 18.6. The maximum absolute atomic E-state index is 5.40. The molecule has 0 radical (unpaired) electrons. The predicted molar refractivity (Wildman–Crippen MR) is 281 cm³/mol. The monoisotopic (exact) mass is 877 g/mol.